The number of aryl methyl sites for hydroxylation is 1. The molecule has 4 heteroatoms. The molecule has 0 amide bonds. The van der Waals surface area contributed by atoms with Crippen molar-refractivity contribution in [1.82, 2.24) is 14.8 Å². The molecule has 1 aliphatic carbocycles. The summed E-state index contributed by atoms with van der Waals surface area (Å²) in [6.07, 6.45) is 2.49. The van der Waals surface area contributed by atoms with Crippen molar-refractivity contribution in [2.45, 2.75) is 18.8 Å². The molecular formula is C12H14N4. The van der Waals surface area contributed by atoms with Crippen LogP contribution in [0.5, 0.6) is 0 Å². The number of aromatic nitrogens is 3. The summed E-state index contributed by atoms with van der Waals surface area (Å²) in [5, 5.41) is 4.44. The van der Waals surface area contributed by atoms with E-state index in [0.717, 1.165) is 22.9 Å². The minimum atomic E-state index is 0.625. The van der Waals surface area contributed by atoms with Gasteiger partial charge in [-0.05, 0) is 37.1 Å². The van der Waals surface area contributed by atoms with Crippen LogP contribution < -0.4 is 5.73 Å². The van der Waals surface area contributed by atoms with Crippen LogP contribution >= 0.6 is 0 Å². The Morgan fingerprint density at radius 1 is 1.25 bits per heavy atom. The van der Waals surface area contributed by atoms with Crippen LogP contribution in [0.4, 0.5) is 5.69 Å². The molecule has 1 fully saturated rings. The highest BCUT2D eigenvalue weighted by molar-refractivity contribution is 5.58. The summed E-state index contributed by atoms with van der Waals surface area (Å²) in [5.41, 5.74) is 7.44. The van der Waals surface area contributed by atoms with Crippen LogP contribution in [0.1, 0.15) is 24.6 Å². The number of anilines is 1. The zero-order valence-electron chi connectivity index (χ0n) is 9.22. The van der Waals surface area contributed by atoms with Gasteiger partial charge in [0, 0.05) is 24.2 Å². The fraction of sp³-hybridized carbons (Fsp3) is 0.333. The lowest BCUT2D eigenvalue weighted by atomic mass is 10.2. The molecule has 82 valence electrons. The standard InChI is InChI=1S/C12H14N4/c1-16-12(9-2-3-9)14-11(15-16)8-4-6-10(13)7-5-8/h4-7,9H,2-3,13H2,1H3. The Morgan fingerprint density at radius 3 is 2.56 bits per heavy atom. The summed E-state index contributed by atoms with van der Waals surface area (Å²) in [6.45, 7) is 0. The van der Waals surface area contributed by atoms with Crippen molar-refractivity contribution in [1.29, 1.82) is 0 Å². The molecule has 0 saturated heterocycles. The van der Waals surface area contributed by atoms with E-state index in [0.29, 0.717) is 5.92 Å². The molecule has 1 aromatic heterocycles. The highest BCUT2D eigenvalue weighted by Gasteiger charge is 2.28. The van der Waals surface area contributed by atoms with Gasteiger partial charge in [-0.1, -0.05) is 0 Å². The highest BCUT2D eigenvalue weighted by atomic mass is 15.3. The number of rotatable bonds is 2. The van der Waals surface area contributed by atoms with Crippen molar-refractivity contribution >= 4 is 5.69 Å². The quantitative estimate of drug-likeness (QED) is 0.777. The molecule has 1 heterocycles. The predicted molar refractivity (Wildman–Crippen MR) is 62.8 cm³/mol. The molecule has 1 saturated carbocycles. The summed E-state index contributed by atoms with van der Waals surface area (Å²) in [7, 11) is 1.96. The molecule has 4 nitrogen and oxygen atoms in total. The molecule has 0 aliphatic heterocycles. The van der Waals surface area contributed by atoms with Crippen molar-refractivity contribution in [3.63, 3.8) is 0 Å². The van der Waals surface area contributed by atoms with E-state index in [1.807, 2.05) is 36.0 Å². The predicted octanol–water partition coefficient (Wildman–Crippen LogP) is 1.94. The lowest BCUT2D eigenvalue weighted by Gasteiger charge is -1.95. The lowest BCUT2D eigenvalue weighted by Crippen LogP contribution is -1.96. The van der Waals surface area contributed by atoms with Crippen molar-refractivity contribution in [3.8, 4) is 11.4 Å². The van der Waals surface area contributed by atoms with Crippen LogP contribution in [0.15, 0.2) is 24.3 Å². The normalized spacial score (nSPS) is 15.3. The van der Waals surface area contributed by atoms with Crippen LogP contribution in [-0.4, -0.2) is 14.8 Å². The smallest absolute Gasteiger partial charge is 0.181 e. The maximum absolute atomic E-state index is 5.65. The molecule has 1 aliphatic rings. The van der Waals surface area contributed by atoms with E-state index in [4.69, 9.17) is 5.73 Å². The fourth-order valence-corrected chi connectivity index (χ4v) is 1.85. The van der Waals surface area contributed by atoms with Gasteiger partial charge >= 0.3 is 0 Å². The number of nitrogens with two attached hydrogens (primary N) is 1. The molecule has 0 radical (unpaired) electrons. The van der Waals surface area contributed by atoms with Gasteiger partial charge in [-0.2, -0.15) is 5.10 Å². The Bertz CT molecular complexity index is 508. The maximum atomic E-state index is 5.65. The van der Waals surface area contributed by atoms with Crippen LogP contribution in [-0.2, 0) is 7.05 Å². The van der Waals surface area contributed by atoms with Gasteiger partial charge in [0.2, 0.25) is 0 Å². The van der Waals surface area contributed by atoms with Gasteiger partial charge in [-0.25, -0.2) is 4.98 Å². The van der Waals surface area contributed by atoms with E-state index >= 15 is 0 Å². The zero-order chi connectivity index (χ0) is 11.1. The average Bonchev–Trinajstić information content (AvgIpc) is 3.04. The molecular weight excluding hydrogens is 200 g/mol. The number of hydrogen-bond donors (Lipinski definition) is 1. The number of benzene rings is 1. The molecule has 16 heavy (non-hydrogen) atoms. The summed E-state index contributed by atoms with van der Waals surface area (Å²) < 4.78 is 1.89. The van der Waals surface area contributed by atoms with Crippen molar-refractivity contribution in [3.05, 3.63) is 30.1 Å². The largest absolute Gasteiger partial charge is 0.399 e. The fourth-order valence-electron chi connectivity index (χ4n) is 1.85. The first kappa shape index (κ1) is 9.39. The molecule has 0 unspecified atom stereocenters. The second kappa shape index (κ2) is 3.33. The first-order valence-electron chi connectivity index (χ1n) is 5.51. The van der Waals surface area contributed by atoms with Crippen LogP contribution in [0.3, 0.4) is 0 Å². The number of nitrogen functional groups attached to an aromatic ring is 1. The Labute approximate surface area is 94.1 Å². The summed E-state index contributed by atoms with van der Waals surface area (Å²) in [5.74, 6) is 2.52. The molecule has 0 atom stereocenters. The van der Waals surface area contributed by atoms with Crippen LogP contribution in [0, 0.1) is 0 Å². The van der Waals surface area contributed by atoms with Crippen molar-refractivity contribution in [2.75, 3.05) is 5.73 Å². The van der Waals surface area contributed by atoms with E-state index in [9.17, 15) is 0 Å². The van der Waals surface area contributed by atoms with Gasteiger partial charge in [0.05, 0.1) is 0 Å². The van der Waals surface area contributed by atoms with E-state index in [2.05, 4.69) is 10.1 Å². The highest BCUT2D eigenvalue weighted by Crippen LogP contribution is 2.39. The molecule has 2 N–H and O–H groups in total. The van der Waals surface area contributed by atoms with Gasteiger partial charge < -0.3 is 5.73 Å². The lowest BCUT2D eigenvalue weighted by molar-refractivity contribution is 0.705. The van der Waals surface area contributed by atoms with Gasteiger partial charge in [0.15, 0.2) is 5.82 Å². The molecule has 1 aromatic carbocycles. The molecule has 0 spiro atoms. The van der Waals surface area contributed by atoms with Crippen LogP contribution in [0.25, 0.3) is 11.4 Å². The third-order valence-corrected chi connectivity index (χ3v) is 2.91. The van der Waals surface area contributed by atoms with E-state index in [-0.39, 0.29) is 0 Å². The second-order valence-corrected chi connectivity index (χ2v) is 4.31. The zero-order valence-corrected chi connectivity index (χ0v) is 9.22. The number of nitrogens with zero attached hydrogens (tertiary/aromatic N) is 3. The maximum Gasteiger partial charge on any atom is 0.181 e. The molecule has 0 bridgehead atoms. The summed E-state index contributed by atoms with van der Waals surface area (Å²) in [6, 6.07) is 7.67. The Hall–Kier alpha value is -1.84. The van der Waals surface area contributed by atoms with Gasteiger partial charge in [-0.3, -0.25) is 4.68 Å². The van der Waals surface area contributed by atoms with Crippen LogP contribution in [0.2, 0.25) is 0 Å². The third kappa shape index (κ3) is 1.56. The Kier molecular flexibility index (Phi) is 1.96. The summed E-state index contributed by atoms with van der Waals surface area (Å²) >= 11 is 0. The van der Waals surface area contributed by atoms with E-state index in [1.54, 1.807) is 0 Å². The first-order chi connectivity index (χ1) is 7.74. The topological polar surface area (TPSA) is 56.7 Å². The van der Waals surface area contributed by atoms with Gasteiger partial charge in [0.25, 0.3) is 0 Å². The monoisotopic (exact) mass is 214 g/mol. The molecule has 2 aromatic rings. The van der Waals surface area contributed by atoms with Crippen molar-refractivity contribution in [2.24, 2.45) is 7.05 Å². The SMILES string of the molecule is Cn1nc(-c2ccc(N)cc2)nc1C1CC1. The minimum absolute atomic E-state index is 0.625. The second-order valence-electron chi connectivity index (χ2n) is 4.31. The number of hydrogen-bond acceptors (Lipinski definition) is 3. The van der Waals surface area contributed by atoms with Crippen molar-refractivity contribution < 1.29 is 0 Å². The summed E-state index contributed by atoms with van der Waals surface area (Å²) in [4.78, 5) is 4.58. The first-order valence-corrected chi connectivity index (χ1v) is 5.51. The van der Waals surface area contributed by atoms with E-state index in [1.165, 1.54) is 12.8 Å². The average molecular weight is 214 g/mol. The third-order valence-electron chi connectivity index (χ3n) is 2.91. The van der Waals surface area contributed by atoms with Gasteiger partial charge in [-0.15, -0.1) is 0 Å². The molecule has 3 rings (SSSR count). The van der Waals surface area contributed by atoms with E-state index < -0.39 is 0 Å². The Balaban J connectivity index is 1.99. The van der Waals surface area contributed by atoms with Gasteiger partial charge in [0.1, 0.15) is 5.82 Å². The minimum Gasteiger partial charge on any atom is -0.399 e. The Morgan fingerprint density at radius 2 is 1.94 bits per heavy atom.